The van der Waals surface area contributed by atoms with Gasteiger partial charge in [0.05, 0.1) is 37.4 Å². The van der Waals surface area contributed by atoms with Gasteiger partial charge in [0.25, 0.3) is 0 Å². The van der Waals surface area contributed by atoms with Crippen LogP contribution in [0, 0.1) is 0 Å². The summed E-state index contributed by atoms with van der Waals surface area (Å²) in [6.45, 7) is 7.18. The molecule has 0 bridgehead atoms. The molecule has 5 heteroatoms. The average molecular weight is 289 g/mol. The van der Waals surface area contributed by atoms with E-state index in [4.69, 9.17) is 9.72 Å². The summed E-state index contributed by atoms with van der Waals surface area (Å²) >= 11 is 0. The predicted molar refractivity (Wildman–Crippen MR) is 82.3 cm³/mol. The largest absolute Gasteiger partial charge is 0.395 e. The molecule has 1 aromatic heterocycles. The minimum Gasteiger partial charge on any atom is -0.395 e. The van der Waals surface area contributed by atoms with Crippen molar-refractivity contribution in [2.75, 3.05) is 32.9 Å². The van der Waals surface area contributed by atoms with Crippen molar-refractivity contribution < 1.29 is 9.84 Å². The monoisotopic (exact) mass is 289 g/mol. The molecule has 3 rings (SSSR count). The predicted octanol–water partition coefficient (Wildman–Crippen LogP) is 1.42. The molecule has 1 N–H and O–H groups in total. The normalized spacial score (nSPS) is 16.7. The molecule has 21 heavy (non-hydrogen) atoms. The summed E-state index contributed by atoms with van der Waals surface area (Å²) in [5.74, 6) is 1.04. The summed E-state index contributed by atoms with van der Waals surface area (Å²) in [5, 5.41) is 9.35. The fraction of sp³-hybridized carbons (Fsp3) is 0.562. The molecule has 1 aliphatic rings. The van der Waals surface area contributed by atoms with Gasteiger partial charge in [-0.05, 0) is 24.1 Å². The summed E-state index contributed by atoms with van der Waals surface area (Å²) in [7, 11) is 0. The van der Waals surface area contributed by atoms with Crippen molar-refractivity contribution in [2.45, 2.75) is 26.4 Å². The lowest BCUT2D eigenvalue weighted by Crippen LogP contribution is -2.36. The number of aliphatic hydroxyl groups excluding tert-OH is 1. The second kappa shape index (κ2) is 6.56. The van der Waals surface area contributed by atoms with Crippen LogP contribution in [0.4, 0.5) is 0 Å². The van der Waals surface area contributed by atoms with Crippen molar-refractivity contribution >= 4 is 11.0 Å². The Labute approximate surface area is 125 Å². The Morgan fingerprint density at radius 1 is 1.29 bits per heavy atom. The fourth-order valence-electron chi connectivity index (χ4n) is 2.87. The van der Waals surface area contributed by atoms with E-state index in [0.717, 1.165) is 56.1 Å². The van der Waals surface area contributed by atoms with Crippen LogP contribution in [0.1, 0.15) is 18.3 Å². The second-order valence-corrected chi connectivity index (χ2v) is 5.47. The lowest BCUT2D eigenvalue weighted by atomic mass is 10.1. The van der Waals surface area contributed by atoms with E-state index < -0.39 is 0 Å². The van der Waals surface area contributed by atoms with E-state index in [0.29, 0.717) is 6.54 Å². The molecule has 2 aromatic rings. The van der Waals surface area contributed by atoms with Crippen molar-refractivity contribution in [2.24, 2.45) is 0 Å². The first kappa shape index (κ1) is 14.5. The third-order valence-electron chi connectivity index (χ3n) is 4.09. The first-order valence-corrected chi connectivity index (χ1v) is 7.71. The molecule has 0 atom stereocenters. The molecule has 1 aliphatic heterocycles. The Hall–Kier alpha value is -1.43. The average Bonchev–Trinajstić information content (AvgIpc) is 2.85. The Bertz CT molecular complexity index is 603. The van der Waals surface area contributed by atoms with Crippen LogP contribution in [0.15, 0.2) is 18.2 Å². The standard InChI is InChI=1S/C16H23N3O2/c1-2-13-3-4-15-14(11-13)17-16(19(15)5-8-20)12-18-6-9-21-10-7-18/h3-4,11,20H,2,5-10,12H2,1H3. The number of benzene rings is 1. The molecule has 1 saturated heterocycles. The maximum absolute atomic E-state index is 9.35. The maximum Gasteiger partial charge on any atom is 0.124 e. The first-order valence-electron chi connectivity index (χ1n) is 7.71. The Kier molecular flexibility index (Phi) is 4.53. The summed E-state index contributed by atoms with van der Waals surface area (Å²) in [6, 6.07) is 6.43. The van der Waals surface area contributed by atoms with E-state index in [-0.39, 0.29) is 6.61 Å². The minimum absolute atomic E-state index is 0.136. The molecule has 0 aliphatic carbocycles. The number of hydrogen-bond donors (Lipinski definition) is 1. The van der Waals surface area contributed by atoms with E-state index in [1.54, 1.807) is 0 Å². The van der Waals surface area contributed by atoms with Gasteiger partial charge in [-0.3, -0.25) is 4.90 Å². The van der Waals surface area contributed by atoms with Gasteiger partial charge in [0.1, 0.15) is 5.82 Å². The third kappa shape index (κ3) is 3.10. The van der Waals surface area contributed by atoms with E-state index in [1.165, 1.54) is 5.56 Å². The van der Waals surface area contributed by atoms with Crippen molar-refractivity contribution in [1.82, 2.24) is 14.5 Å². The first-order chi connectivity index (χ1) is 10.3. The number of ether oxygens (including phenoxy) is 1. The van der Waals surface area contributed by atoms with Gasteiger partial charge in [0, 0.05) is 19.6 Å². The number of imidazole rings is 1. The number of hydrogen-bond acceptors (Lipinski definition) is 4. The molecule has 1 fully saturated rings. The van der Waals surface area contributed by atoms with Gasteiger partial charge in [-0.25, -0.2) is 4.98 Å². The van der Waals surface area contributed by atoms with E-state index in [9.17, 15) is 5.11 Å². The Morgan fingerprint density at radius 2 is 2.10 bits per heavy atom. The number of nitrogens with zero attached hydrogens (tertiary/aromatic N) is 3. The number of aryl methyl sites for hydroxylation is 1. The number of rotatable bonds is 5. The highest BCUT2D eigenvalue weighted by atomic mass is 16.5. The quantitative estimate of drug-likeness (QED) is 0.904. The molecule has 0 saturated carbocycles. The molecule has 0 radical (unpaired) electrons. The molecule has 1 aromatic carbocycles. The van der Waals surface area contributed by atoms with Crippen molar-refractivity contribution in [1.29, 1.82) is 0 Å². The van der Waals surface area contributed by atoms with Gasteiger partial charge in [-0.1, -0.05) is 13.0 Å². The SMILES string of the molecule is CCc1ccc2c(c1)nc(CN1CCOCC1)n2CCO. The van der Waals surface area contributed by atoms with E-state index >= 15 is 0 Å². The molecule has 0 amide bonds. The molecule has 114 valence electrons. The van der Waals surface area contributed by atoms with Gasteiger partial charge in [-0.15, -0.1) is 0 Å². The minimum atomic E-state index is 0.136. The second-order valence-electron chi connectivity index (χ2n) is 5.47. The van der Waals surface area contributed by atoms with Crippen LogP contribution in [-0.2, 0) is 24.2 Å². The number of aromatic nitrogens is 2. The highest BCUT2D eigenvalue weighted by Crippen LogP contribution is 2.20. The topological polar surface area (TPSA) is 50.5 Å². The number of aliphatic hydroxyl groups is 1. The third-order valence-corrected chi connectivity index (χ3v) is 4.09. The van der Waals surface area contributed by atoms with Gasteiger partial charge in [0.15, 0.2) is 0 Å². The summed E-state index contributed by atoms with van der Waals surface area (Å²) in [5.41, 5.74) is 3.45. The van der Waals surface area contributed by atoms with Gasteiger partial charge < -0.3 is 14.4 Å². The molecular formula is C16H23N3O2. The van der Waals surface area contributed by atoms with Crippen LogP contribution in [0.3, 0.4) is 0 Å². The highest BCUT2D eigenvalue weighted by molar-refractivity contribution is 5.77. The molecule has 0 unspecified atom stereocenters. The van der Waals surface area contributed by atoms with Crippen molar-refractivity contribution in [3.8, 4) is 0 Å². The van der Waals surface area contributed by atoms with Crippen molar-refractivity contribution in [3.05, 3.63) is 29.6 Å². The van der Waals surface area contributed by atoms with Gasteiger partial charge >= 0.3 is 0 Å². The number of morpholine rings is 1. The Morgan fingerprint density at radius 3 is 2.81 bits per heavy atom. The van der Waals surface area contributed by atoms with Crippen molar-refractivity contribution in [3.63, 3.8) is 0 Å². The lowest BCUT2D eigenvalue weighted by molar-refractivity contribution is 0.0325. The fourth-order valence-corrected chi connectivity index (χ4v) is 2.87. The molecular weight excluding hydrogens is 266 g/mol. The zero-order valence-electron chi connectivity index (χ0n) is 12.6. The van der Waals surface area contributed by atoms with Crippen LogP contribution in [0.25, 0.3) is 11.0 Å². The molecule has 5 nitrogen and oxygen atoms in total. The van der Waals surface area contributed by atoms with Crippen LogP contribution < -0.4 is 0 Å². The van der Waals surface area contributed by atoms with Gasteiger partial charge in [-0.2, -0.15) is 0 Å². The van der Waals surface area contributed by atoms with Crippen LogP contribution in [0.5, 0.6) is 0 Å². The molecule has 2 heterocycles. The summed E-state index contributed by atoms with van der Waals surface area (Å²) < 4.78 is 7.54. The zero-order valence-corrected chi connectivity index (χ0v) is 12.6. The summed E-state index contributed by atoms with van der Waals surface area (Å²) in [4.78, 5) is 7.16. The zero-order chi connectivity index (χ0) is 14.7. The van der Waals surface area contributed by atoms with E-state index in [1.807, 2.05) is 0 Å². The smallest absolute Gasteiger partial charge is 0.124 e. The van der Waals surface area contributed by atoms with Crippen LogP contribution in [-0.4, -0.2) is 52.5 Å². The van der Waals surface area contributed by atoms with Gasteiger partial charge in [0.2, 0.25) is 0 Å². The van der Waals surface area contributed by atoms with E-state index in [2.05, 4.69) is 34.6 Å². The summed E-state index contributed by atoms with van der Waals surface area (Å²) in [6.07, 6.45) is 1.02. The number of fused-ring (bicyclic) bond motifs is 1. The van der Waals surface area contributed by atoms with Crippen LogP contribution >= 0.6 is 0 Å². The molecule has 0 spiro atoms. The highest BCUT2D eigenvalue weighted by Gasteiger charge is 2.16. The maximum atomic E-state index is 9.35. The van der Waals surface area contributed by atoms with Crippen LogP contribution in [0.2, 0.25) is 0 Å². The Balaban J connectivity index is 1.93. The lowest BCUT2D eigenvalue weighted by Gasteiger charge is -2.26.